The van der Waals surface area contributed by atoms with Gasteiger partial charge in [-0.25, -0.2) is 8.42 Å². The van der Waals surface area contributed by atoms with Gasteiger partial charge in [0.25, 0.3) is 11.8 Å². The summed E-state index contributed by atoms with van der Waals surface area (Å²) in [6.07, 6.45) is 1.67. The number of primary amides is 1. The molecule has 0 unspecified atom stereocenters. The van der Waals surface area contributed by atoms with E-state index < -0.39 is 21.8 Å². The second kappa shape index (κ2) is 8.16. The maximum absolute atomic E-state index is 12.9. The van der Waals surface area contributed by atoms with Gasteiger partial charge in [0.05, 0.1) is 4.90 Å². The van der Waals surface area contributed by atoms with E-state index in [0.29, 0.717) is 30.0 Å². The predicted molar refractivity (Wildman–Crippen MR) is 116 cm³/mol. The summed E-state index contributed by atoms with van der Waals surface area (Å²) in [5.41, 5.74) is 6.23. The van der Waals surface area contributed by atoms with Crippen molar-refractivity contribution in [1.29, 1.82) is 0 Å². The number of benzene rings is 2. The Morgan fingerprint density at radius 2 is 1.71 bits per heavy atom. The molecule has 0 atom stereocenters. The first-order valence-corrected chi connectivity index (χ1v) is 11.4. The fraction of sp³-hybridized carbons (Fsp3) is 0.273. The van der Waals surface area contributed by atoms with E-state index in [0.717, 1.165) is 12.8 Å². The van der Waals surface area contributed by atoms with Crippen LogP contribution in [0, 0.1) is 5.92 Å². The van der Waals surface area contributed by atoms with Gasteiger partial charge in [0.2, 0.25) is 15.8 Å². The number of hydrogen-bond acceptors (Lipinski definition) is 5. The van der Waals surface area contributed by atoms with Gasteiger partial charge in [-0.15, -0.1) is 0 Å². The average Bonchev–Trinajstić information content (AvgIpc) is 3.13. The Morgan fingerprint density at radius 3 is 2.35 bits per heavy atom. The van der Waals surface area contributed by atoms with Crippen LogP contribution in [0.3, 0.4) is 0 Å². The van der Waals surface area contributed by atoms with Crippen molar-refractivity contribution in [2.75, 3.05) is 18.4 Å². The van der Waals surface area contributed by atoms with E-state index in [1.807, 2.05) is 0 Å². The topological polar surface area (TPSA) is 123 Å². The van der Waals surface area contributed by atoms with Crippen LogP contribution in [0.1, 0.15) is 40.7 Å². The minimum absolute atomic E-state index is 0.144. The van der Waals surface area contributed by atoms with E-state index in [2.05, 4.69) is 12.2 Å². The van der Waals surface area contributed by atoms with Crippen LogP contribution >= 0.6 is 0 Å². The van der Waals surface area contributed by atoms with Crippen LogP contribution in [-0.4, -0.2) is 37.6 Å². The van der Waals surface area contributed by atoms with E-state index in [1.165, 1.54) is 28.6 Å². The van der Waals surface area contributed by atoms with Crippen LogP contribution in [0.15, 0.2) is 57.8 Å². The van der Waals surface area contributed by atoms with Crippen molar-refractivity contribution >= 4 is 38.5 Å². The molecule has 9 heteroatoms. The number of amides is 2. The fourth-order valence-electron chi connectivity index (χ4n) is 3.68. The lowest BCUT2D eigenvalue weighted by Gasteiger charge is -2.29. The number of carbonyl (C=O) groups excluding carboxylic acids is 2. The lowest BCUT2D eigenvalue weighted by Crippen LogP contribution is -2.37. The van der Waals surface area contributed by atoms with Crippen molar-refractivity contribution in [3.63, 3.8) is 0 Å². The van der Waals surface area contributed by atoms with Gasteiger partial charge in [0.1, 0.15) is 11.3 Å². The van der Waals surface area contributed by atoms with E-state index in [4.69, 9.17) is 10.2 Å². The van der Waals surface area contributed by atoms with Crippen LogP contribution in [0.4, 0.5) is 5.69 Å². The van der Waals surface area contributed by atoms with Crippen LogP contribution < -0.4 is 11.1 Å². The number of nitrogens with two attached hydrogens (primary N) is 1. The third-order valence-electron chi connectivity index (χ3n) is 5.55. The molecule has 0 spiro atoms. The Kier molecular flexibility index (Phi) is 5.55. The van der Waals surface area contributed by atoms with E-state index >= 15 is 0 Å². The number of fused-ring (bicyclic) bond motifs is 1. The van der Waals surface area contributed by atoms with Crippen molar-refractivity contribution in [2.24, 2.45) is 11.7 Å². The summed E-state index contributed by atoms with van der Waals surface area (Å²) in [6.45, 7) is 3.11. The predicted octanol–water partition coefficient (Wildman–Crippen LogP) is 3.20. The molecular formula is C22H23N3O5S. The molecule has 3 aromatic rings. The number of anilines is 1. The number of hydrogen-bond donors (Lipinski definition) is 2. The second-order valence-corrected chi connectivity index (χ2v) is 9.67. The van der Waals surface area contributed by atoms with Gasteiger partial charge < -0.3 is 15.5 Å². The first-order chi connectivity index (χ1) is 14.8. The normalized spacial score (nSPS) is 15.8. The highest BCUT2D eigenvalue weighted by molar-refractivity contribution is 7.89. The molecule has 2 heterocycles. The zero-order valence-electron chi connectivity index (χ0n) is 17.0. The lowest BCUT2D eigenvalue weighted by molar-refractivity contribution is 0.0977. The molecule has 0 bridgehead atoms. The van der Waals surface area contributed by atoms with Gasteiger partial charge in [-0.05, 0) is 55.2 Å². The maximum Gasteiger partial charge on any atom is 0.286 e. The third-order valence-corrected chi connectivity index (χ3v) is 7.47. The Morgan fingerprint density at radius 1 is 1.06 bits per heavy atom. The van der Waals surface area contributed by atoms with Crippen molar-refractivity contribution < 1.29 is 22.4 Å². The molecule has 4 rings (SSSR count). The van der Waals surface area contributed by atoms with Crippen molar-refractivity contribution in [3.8, 4) is 0 Å². The minimum atomic E-state index is -3.60. The number of rotatable bonds is 5. The molecule has 8 nitrogen and oxygen atoms in total. The van der Waals surface area contributed by atoms with Crippen molar-refractivity contribution in [3.05, 3.63) is 59.9 Å². The standard InChI is InChI=1S/C22H23N3O5S/c1-14-10-12-25(13-11-14)31(28,29)16-8-6-15(7-9-16)22(27)24-19-17-4-2-3-5-18(17)30-20(19)21(23)26/h2-9,14H,10-13H2,1H3,(H2,23,26)(H,24,27). The molecule has 1 saturated heterocycles. The minimum Gasteiger partial charge on any atom is -0.449 e. The van der Waals surface area contributed by atoms with Gasteiger partial charge in [-0.2, -0.15) is 4.31 Å². The highest BCUT2D eigenvalue weighted by Gasteiger charge is 2.28. The van der Waals surface area contributed by atoms with E-state index in [-0.39, 0.29) is 21.9 Å². The quantitative estimate of drug-likeness (QED) is 0.629. The number of carbonyl (C=O) groups is 2. The SMILES string of the molecule is CC1CCN(S(=O)(=O)c2ccc(C(=O)Nc3c(C(N)=O)oc4ccccc34)cc2)CC1. The van der Waals surface area contributed by atoms with Crippen LogP contribution in [-0.2, 0) is 10.0 Å². The summed E-state index contributed by atoms with van der Waals surface area (Å²) >= 11 is 0. The summed E-state index contributed by atoms with van der Waals surface area (Å²) < 4.78 is 32.7. The fourth-order valence-corrected chi connectivity index (χ4v) is 5.15. The highest BCUT2D eigenvalue weighted by atomic mass is 32.2. The summed E-state index contributed by atoms with van der Waals surface area (Å²) in [5, 5.41) is 3.21. The van der Waals surface area contributed by atoms with Crippen LogP contribution in [0.2, 0.25) is 0 Å². The Labute approximate surface area is 180 Å². The molecule has 31 heavy (non-hydrogen) atoms. The molecule has 2 aromatic carbocycles. The number of nitrogens with one attached hydrogen (secondary N) is 1. The number of nitrogens with zero attached hydrogens (tertiary/aromatic N) is 1. The number of sulfonamides is 1. The molecular weight excluding hydrogens is 418 g/mol. The van der Waals surface area contributed by atoms with Crippen LogP contribution in [0.25, 0.3) is 11.0 Å². The van der Waals surface area contributed by atoms with Crippen molar-refractivity contribution in [1.82, 2.24) is 4.31 Å². The number of furan rings is 1. The molecule has 162 valence electrons. The molecule has 0 radical (unpaired) electrons. The Balaban J connectivity index is 1.57. The molecule has 0 saturated carbocycles. The van der Waals surface area contributed by atoms with Gasteiger partial charge in [-0.3, -0.25) is 9.59 Å². The number of piperidine rings is 1. The summed E-state index contributed by atoms with van der Waals surface area (Å²) in [4.78, 5) is 24.6. The maximum atomic E-state index is 12.9. The van der Waals surface area contributed by atoms with E-state index in [1.54, 1.807) is 24.3 Å². The smallest absolute Gasteiger partial charge is 0.286 e. The highest BCUT2D eigenvalue weighted by Crippen LogP contribution is 2.31. The Hall–Kier alpha value is -3.17. The van der Waals surface area contributed by atoms with Crippen molar-refractivity contribution in [2.45, 2.75) is 24.7 Å². The lowest BCUT2D eigenvalue weighted by atomic mass is 10.0. The van der Waals surface area contributed by atoms with E-state index in [9.17, 15) is 18.0 Å². The molecule has 1 fully saturated rings. The zero-order valence-corrected chi connectivity index (χ0v) is 17.8. The second-order valence-electron chi connectivity index (χ2n) is 7.73. The van der Waals surface area contributed by atoms with Gasteiger partial charge in [0.15, 0.2) is 0 Å². The first kappa shape index (κ1) is 21.1. The summed E-state index contributed by atoms with van der Waals surface area (Å²) in [7, 11) is -3.60. The van der Waals surface area contributed by atoms with Crippen LogP contribution in [0.5, 0.6) is 0 Å². The molecule has 2 amide bonds. The number of para-hydroxylation sites is 1. The average molecular weight is 442 g/mol. The van der Waals surface area contributed by atoms with Gasteiger partial charge in [-0.1, -0.05) is 19.1 Å². The Bertz CT molecular complexity index is 1240. The molecule has 1 aromatic heterocycles. The molecule has 1 aliphatic rings. The first-order valence-electron chi connectivity index (χ1n) is 10.0. The molecule has 3 N–H and O–H groups in total. The summed E-state index contributed by atoms with van der Waals surface area (Å²) in [6, 6.07) is 12.6. The largest absolute Gasteiger partial charge is 0.449 e. The molecule has 1 aliphatic heterocycles. The monoisotopic (exact) mass is 441 g/mol. The zero-order chi connectivity index (χ0) is 22.2. The van der Waals surface area contributed by atoms with Gasteiger partial charge >= 0.3 is 0 Å². The van der Waals surface area contributed by atoms with Gasteiger partial charge in [0, 0.05) is 24.0 Å². The third kappa shape index (κ3) is 4.06. The molecule has 0 aliphatic carbocycles. The summed E-state index contributed by atoms with van der Waals surface area (Å²) in [5.74, 6) is -0.941.